The quantitative estimate of drug-likeness (QED) is 0.361. The van der Waals surface area contributed by atoms with Crippen LogP contribution in [0.1, 0.15) is 43.7 Å². The standard InChI is InChI=1S/C29H41N3O4S/c1-4-5-6-13-29(33)31(18-9-11-26-10-7-8-12-28(26)36-3)22-19-30-20-23-32(24-21-30)37(34,35)27-16-14-25(2)15-17-27/h7-12,14-17H,4-6,13,18-24H2,1-3H3. The minimum Gasteiger partial charge on any atom is -0.496 e. The van der Waals surface area contributed by atoms with Gasteiger partial charge in [-0.15, -0.1) is 0 Å². The van der Waals surface area contributed by atoms with E-state index in [2.05, 4.69) is 11.8 Å². The first kappa shape index (κ1) is 28.9. The van der Waals surface area contributed by atoms with Crippen LogP contribution in [0.2, 0.25) is 0 Å². The molecule has 1 aliphatic rings. The second-order valence-electron chi connectivity index (χ2n) is 9.50. The van der Waals surface area contributed by atoms with Gasteiger partial charge in [0.1, 0.15) is 5.75 Å². The number of sulfonamides is 1. The van der Waals surface area contributed by atoms with Crippen LogP contribution in [-0.4, -0.2) is 81.4 Å². The molecule has 1 fully saturated rings. The van der Waals surface area contributed by atoms with Gasteiger partial charge in [-0.1, -0.05) is 67.8 Å². The number of aryl methyl sites for hydroxylation is 1. The molecule has 0 aromatic heterocycles. The minimum atomic E-state index is -3.48. The number of piperazine rings is 1. The molecule has 0 saturated carbocycles. The molecule has 0 atom stereocenters. The summed E-state index contributed by atoms with van der Waals surface area (Å²) in [6, 6.07) is 14.8. The molecule has 8 heteroatoms. The molecule has 2 aromatic carbocycles. The number of rotatable bonds is 13. The van der Waals surface area contributed by atoms with Gasteiger partial charge < -0.3 is 9.64 Å². The van der Waals surface area contributed by atoms with E-state index in [9.17, 15) is 13.2 Å². The summed E-state index contributed by atoms with van der Waals surface area (Å²) in [7, 11) is -1.83. The molecule has 202 valence electrons. The molecule has 37 heavy (non-hydrogen) atoms. The Hall–Kier alpha value is -2.68. The number of methoxy groups -OCH3 is 1. The summed E-state index contributed by atoms with van der Waals surface area (Å²) in [4.78, 5) is 17.5. The maximum atomic E-state index is 13.0. The predicted octanol–water partition coefficient (Wildman–Crippen LogP) is 4.43. The van der Waals surface area contributed by atoms with Gasteiger partial charge in [-0.2, -0.15) is 4.31 Å². The average Bonchev–Trinajstić information content (AvgIpc) is 2.91. The van der Waals surface area contributed by atoms with E-state index in [4.69, 9.17) is 4.74 Å². The molecule has 1 amide bonds. The van der Waals surface area contributed by atoms with Gasteiger partial charge in [-0.05, 0) is 31.5 Å². The summed E-state index contributed by atoms with van der Waals surface area (Å²) < 4.78 is 33.0. The smallest absolute Gasteiger partial charge is 0.243 e. The van der Waals surface area contributed by atoms with E-state index < -0.39 is 10.0 Å². The van der Waals surface area contributed by atoms with E-state index >= 15 is 0 Å². The average molecular weight is 528 g/mol. The zero-order valence-corrected chi connectivity index (χ0v) is 23.3. The van der Waals surface area contributed by atoms with Crippen LogP contribution < -0.4 is 4.74 Å². The van der Waals surface area contributed by atoms with Gasteiger partial charge in [0.2, 0.25) is 15.9 Å². The van der Waals surface area contributed by atoms with E-state index in [1.807, 2.05) is 60.4 Å². The summed E-state index contributed by atoms with van der Waals surface area (Å²) in [6.45, 7) is 8.16. The van der Waals surface area contributed by atoms with Crippen molar-refractivity contribution in [1.82, 2.24) is 14.1 Å². The van der Waals surface area contributed by atoms with Crippen molar-refractivity contribution in [2.45, 2.75) is 44.4 Å². The number of unbranched alkanes of at least 4 members (excludes halogenated alkanes) is 2. The van der Waals surface area contributed by atoms with Crippen LogP contribution in [0.4, 0.5) is 0 Å². The molecule has 0 bridgehead atoms. The van der Waals surface area contributed by atoms with E-state index in [-0.39, 0.29) is 5.91 Å². The first-order valence-electron chi connectivity index (χ1n) is 13.2. The van der Waals surface area contributed by atoms with Crippen molar-refractivity contribution in [3.63, 3.8) is 0 Å². The third-order valence-corrected chi connectivity index (χ3v) is 8.70. The molecule has 3 rings (SSSR count). The summed E-state index contributed by atoms with van der Waals surface area (Å²) in [5.41, 5.74) is 2.02. The molecule has 0 radical (unpaired) electrons. The predicted molar refractivity (Wildman–Crippen MR) is 149 cm³/mol. The third-order valence-electron chi connectivity index (χ3n) is 6.79. The second-order valence-corrected chi connectivity index (χ2v) is 11.4. The maximum absolute atomic E-state index is 13.0. The fourth-order valence-corrected chi connectivity index (χ4v) is 5.85. The van der Waals surface area contributed by atoms with Crippen molar-refractivity contribution in [3.05, 3.63) is 65.7 Å². The number of nitrogens with zero attached hydrogens (tertiary/aromatic N) is 3. The van der Waals surface area contributed by atoms with Crippen LogP contribution in [0.15, 0.2) is 59.5 Å². The number of benzene rings is 2. The van der Waals surface area contributed by atoms with Crippen molar-refractivity contribution < 1.29 is 17.9 Å². The van der Waals surface area contributed by atoms with Crippen LogP contribution >= 0.6 is 0 Å². The number of carbonyl (C=O) groups is 1. The number of carbonyl (C=O) groups excluding carboxylic acids is 1. The van der Waals surface area contributed by atoms with Crippen LogP contribution in [0, 0.1) is 6.92 Å². The third kappa shape index (κ3) is 8.42. The lowest BCUT2D eigenvalue weighted by molar-refractivity contribution is -0.131. The highest BCUT2D eigenvalue weighted by atomic mass is 32.2. The van der Waals surface area contributed by atoms with Gasteiger partial charge in [0.15, 0.2) is 0 Å². The molecule has 0 aliphatic carbocycles. The number of hydrogen-bond acceptors (Lipinski definition) is 5. The Morgan fingerprint density at radius 1 is 1.03 bits per heavy atom. The molecule has 0 spiro atoms. The van der Waals surface area contributed by atoms with Gasteiger partial charge >= 0.3 is 0 Å². The van der Waals surface area contributed by atoms with Gasteiger partial charge in [0.05, 0.1) is 12.0 Å². The Labute approximate surface area is 222 Å². The number of para-hydroxylation sites is 1. The summed E-state index contributed by atoms with van der Waals surface area (Å²) in [6.07, 6.45) is 7.60. The maximum Gasteiger partial charge on any atom is 0.243 e. The molecule has 0 N–H and O–H groups in total. The molecule has 1 saturated heterocycles. The molecule has 7 nitrogen and oxygen atoms in total. The fraction of sp³-hybridized carbons (Fsp3) is 0.483. The van der Waals surface area contributed by atoms with Crippen LogP contribution in [0.5, 0.6) is 5.75 Å². The fourth-order valence-electron chi connectivity index (χ4n) is 4.43. The number of hydrogen-bond donors (Lipinski definition) is 0. The highest BCUT2D eigenvalue weighted by Gasteiger charge is 2.28. The topological polar surface area (TPSA) is 70.2 Å². The van der Waals surface area contributed by atoms with E-state index in [1.54, 1.807) is 23.5 Å². The number of amides is 1. The Bertz CT molecular complexity index is 1120. The summed E-state index contributed by atoms with van der Waals surface area (Å²) in [5, 5.41) is 0. The zero-order valence-electron chi connectivity index (χ0n) is 22.4. The highest BCUT2D eigenvalue weighted by Crippen LogP contribution is 2.20. The Morgan fingerprint density at radius 2 is 1.73 bits per heavy atom. The molecule has 2 aromatic rings. The lowest BCUT2D eigenvalue weighted by Crippen LogP contribution is -2.50. The van der Waals surface area contributed by atoms with Crippen molar-refractivity contribution in [3.8, 4) is 5.75 Å². The van der Waals surface area contributed by atoms with E-state index in [1.165, 1.54) is 0 Å². The summed E-state index contributed by atoms with van der Waals surface area (Å²) >= 11 is 0. The van der Waals surface area contributed by atoms with Gasteiger partial charge in [0, 0.05) is 57.8 Å². The largest absolute Gasteiger partial charge is 0.496 e. The number of ether oxygens (including phenoxy) is 1. The highest BCUT2D eigenvalue weighted by molar-refractivity contribution is 7.89. The first-order valence-corrected chi connectivity index (χ1v) is 14.7. The SMILES string of the molecule is CCCCCC(=O)N(CC=Cc1ccccc1OC)CCN1CCN(S(=O)(=O)c2ccc(C)cc2)CC1. The lowest BCUT2D eigenvalue weighted by atomic mass is 10.1. The van der Waals surface area contributed by atoms with Crippen LogP contribution in [0.25, 0.3) is 6.08 Å². The molecule has 1 aliphatic heterocycles. The van der Waals surface area contributed by atoms with Crippen LogP contribution in [-0.2, 0) is 14.8 Å². The monoisotopic (exact) mass is 527 g/mol. The van der Waals surface area contributed by atoms with Crippen molar-refractivity contribution >= 4 is 22.0 Å². The first-order chi connectivity index (χ1) is 17.8. The van der Waals surface area contributed by atoms with Crippen molar-refractivity contribution in [2.75, 3.05) is 52.9 Å². The van der Waals surface area contributed by atoms with Crippen LogP contribution in [0.3, 0.4) is 0 Å². The Kier molecular flexibility index (Phi) is 11.2. The minimum absolute atomic E-state index is 0.165. The summed E-state index contributed by atoms with van der Waals surface area (Å²) in [5.74, 6) is 0.969. The molecular weight excluding hydrogens is 486 g/mol. The van der Waals surface area contributed by atoms with Crippen molar-refractivity contribution in [1.29, 1.82) is 0 Å². The van der Waals surface area contributed by atoms with Crippen molar-refractivity contribution in [2.24, 2.45) is 0 Å². The van der Waals surface area contributed by atoms with Gasteiger partial charge in [0.25, 0.3) is 0 Å². The van der Waals surface area contributed by atoms with E-state index in [0.29, 0.717) is 50.6 Å². The van der Waals surface area contributed by atoms with E-state index in [0.717, 1.165) is 42.7 Å². The zero-order chi connectivity index (χ0) is 26.7. The molecule has 1 heterocycles. The lowest BCUT2D eigenvalue weighted by Gasteiger charge is -2.35. The molecular formula is C29H41N3O4S. The Balaban J connectivity index is 1.56. The van der Waals surface area contributed by atoms with Gasteiger partial charge in [-0.25, -0.2) is 8.42 Å². The second kappa shape index (κ2) is 14.3. The molecule has 0 unspecified atom stereocenters. The van der Waals surface area contributed by atoms with Gasteiger partial charge in [-0.3, -0.25) is 9.69 Å². The Morgan fingerprint density at radius 3 is 2.41 bits per heavy atom. The normalized spacial score (nSPS) is 15.2.